The molecule has 23 heavy (non-hydrogen) atoms. The summed E-state index contributed by atoms with van der Waals surface area (Å²) < 4.78 is 7.70. The van der Waals surface area contributed by atoms with Gasteiger partial charge in [-0.25, -0.2) is 4.98 Å². The summed E-state index contributed by atoms with van der Waals surface area (Å²) in [5.74, 6) is -0.147. The average molecular weight is 333 g/mol. The number of ether oxygens (including phenoxy) is 1. The number of amides is 1. The molecule has 0 fully saturated rings. The number of primary amides is 1. The van der Waals surface area contributed by atoms with Crippen LogP contribution in [0.1, 0.15) is 32.0 Å². The Morgan fingerprint density at radius 1 is 1.30 bits per heavy atom. The van der Waals surface area contributed by atoms with Crippen LogP contribution in [-0.4, -0.2) is 21.2 Å². The maximum absolute atomic E-state index is 11.0. The van der Waals surface area contributed by atoms with Gasteiger partial charge >= 0.3 is 0 Å². The first-order valence-corrected chi connectivity index (χ1v) is 8.45. The molecule has 1 aromatic carbocycles. The fourth-order valence-corrected chi connectivity index (χ4v) is 2.65. The monoisotopic (exact) mass is 333 g/mol. The fourth-order valence-electron chi connectivity index (χ4n) is 1.94. The van der Waals surface area contributed by atoms with Gasteiger partial charge in [0.1, 0.15) is 6.73 Å². The molecule has 2 N–H and O–H groups in total. The van der Waals surface area contributed by atoms with Crippen LogP contribution in [0.3, 0.4) is 0 Å². The highest BCUT2D eigenvalue weighted by atomic mass is 32.2. The number of hydrogen-bond acceptors (Lipinski definition) is 4. The largest absolute Gasteiger partial charge is 0.369 e. The van der Waals surface area contributed by atoms with E-state index in [1.165, 1.54) is 11.8 Å². The van der Waals surface area contributed by atoms with Gasteiger partial charge < -0.3 is 15.0 Å². The summed E-state index contributed by atoms with van der Waals surface area (Å²) in [5, 5.41) is 0.752. The van der Waals surface area contributed by atoms with E-state index in [-0.39, 0.29) is 17.1 Å². The summed E-state index contributed by atoms with van der Waals surface area (Å²) in [6, 6.07) is 10.0. The molecule has 2 rings (SSSR count). The number of carbonyl (C=O) groups excluding carboxylic acids is 1. The van der Waals surface area contributed by atoms with E-state index in [4.69, 9.17) is 10.5 Å². The molecule has 0 atom stereocenters. The van der Waals surface area contributed by atoms with Gasteiger partial charge in [-0.3, -0.25) is 4.79 Å². The molecular formula is C17H23N3O2S. The van der Waals surface area contributed by atoms with Crippen molar-refractivity contribution < 1.29 is 9.53 Å². The molecule has 0 aliphatic rings. The first-order chi connectivity index (χ1) is 10.9. The Bertz CT molecular complexity index is 648. The predicted molar refractivity (Wildman–Crippen MR) is 92.1 cm³/mol. The molecule has 0 bridgehead atoms. The first kappa shape index (κ1) is 17.6. The highest BCUT2D eigenvalue weighted by molar-refractivity contribution is 7.99. The van der Waals surface area contributed by atoms with Gasteiger partial charge in [0.2, 0.25) is 5.91 Å². The van der Waals surface area contributed by atoms with E-state index >= 15 is 0 Å². The zero-order valence-electron chi connectivity index (χ0n) is 13.8. The molecule has 2 aromatic rings. The molecule has 0 saturated carbocycles. The molecular weight excluding hydrogens is 310 g/mol. The van der Waals surface area contributed by atoms with Crippen LogP contribution in [0.15, 0.2) is 41.7 Å². The Morgan fingerprint density at radius 3 is 2.61 bits per heavy atom. The summed E-state index contributed by atoms with van der Waals surface area (Å²) in [6.07, 6.45) is 1.98. The SMILES string of the molecule is CC(C)(C)c1cn(COCc2ccccc2)c(SCC(N)=O)n1. The summed E-state index contributed by atoms with van der Waals surface area (Å²) in [4.78, 5) is 15.6. The van der Waals surface area contributed by atoms with Crippen molar-refractivity contribution in [3.63, 3.8) is 0 Å². The number of nitrogens with two attached hydrogens (primary N) is 1. The lowest BCUT2D eigenvalue weighted by Gasteiger charge is -2.14. The number of hydrogen-bond donors (Lipinski definition) is 1. The van der Waals surface area contributed by atoms with Crippen molar-refractivity contribution >= 4 is 17.7 Å². The van der Waals surface area contributed by atoms with Gasteiger partial charge in [-0.2, -0.15) is 0 Å². The van der Waals surface area contributed by atoms with Gasteiger partial charge in [0.25, 0.3) is 0 Å². The van der Waals surface area contributed by atoms with Crippen LogP contribution in [0.5, 0.6) is 0 Å². The second-order valence-corrected chi connectivity index (χ2v) is 7.29. The molecule has 5 nitrogen and oxygen atoms in total. The van der Waals surface area contributed by atoms with Gasteiger partial charge in [-0.15, -0.1) is 0 Å². The van der Waals surface area contributed by atoms with E-state index in [1.54, 1.807) is 0 Å². The minimum atomic E-state index is -0.355. The van der Waals surface area contributed by atoms with Gasteiger partial charge in [0.05, 0.1) is 18.1 Å². The standard InChI is InChI=1S/C17H23N3O2S/c1-17(2,3)14-9-20(16(19-14)23-11-15(18)21)12-22-10-13-7-5-4-6-8-13/h4-9H,10-12H2,1-3H3,(H2,18,21). The second-order valence-electron chi connectivity index (χ2n) is 6.35. The first-order valence-electron chi connectivity index (χ1n) is 7.46. The number of thioether (sulfide) groups is 1. The van der Waals surface area contributed by atoms with Crippen LogP contribution in [0, 0.1) is 0 Å². The van der Waals surface area contributed by atoms with Crippen LogP contribution in [0.25, 0.3) is 0 Å². The highest BCUT2D eigenvalue weighted by Crippen LogP contribution is 2.25. The van der Waals surface area contributed by atoms with Crippen LogP contribution in [0.2, 0.25) is 0 Å². The molecule has 0 radical (unpaired) electrons. The molecule has 1 heterocycles. The number of benzene rings is 1. The maximum Gasteiger partial charge on any atom is 0.227 e. The minimum Gasteiger partial charge on any atom is -0.369 e. The van der Waals surface area contributed by atoms with E-state index in [1.807, 2.05) is 41.1 Å². The third-order valence-electron chi connectivity index (χ3n) is 3.19. The minimum absolute atomic E-state index is 0.0628. The van der Waals surface area contributed by atoms with Crippen LogP contribution in [-0.2, 0) is 28.3 Å². The fraction of sp³-hybridized carbons (Fsp3) is 0.412. The van der Waals surface area contributed by atoms with E-state index in [0.717, 1.165) is 16.4 Å². The van der Waals surface area contributed by atoms with Gasteiger partial charge in [0, 0.05) is 11.6 Å². The van der Waals surface area contributed by atoms with Crippen molar-refractivity contribution in [3.8, 4) is 0 Å². The Labute approximate surface area is 141 Å². The number of rotatable bonds is 7. The van der Waals surface area contributed by atoms with Crippen molar-refractivity contribution in [2.75, 3.05) is 5.75 Å². The van der Waals surface area contributed by atoms with E-state index < -0.39 is 0 Å². The Hall–Kier alpha value is -1.79. The zero-order chi connectivity index (χ0) is 16.9. The third kappa shape index (κ3) is 5.41. The van der Waals surface area contributed by atoms with E-state index in [0.29, 0.717) is 13.3 Å². The second kappa shape index (κ2) is 7.66. The van der Waals surface area contributed by atoms with Gasteiger partial charge in [-0.05, 0) is 5.56 Å². The van der Waals surface area contributed by atoms with Crippen molar-refractivity contribution in [1.82, 2.24) is 9.55 Å². The Kier molecular flexibility index (Phi) is 5.85. The van der Waals surface area contributed by atoms with Crippen molar-refractivity contribution in [2.45, 2.75) is 44.7 Å². The predicted octanol–water partition coefficient (Wildman–Crippen LogP) is 2.93. The Balaban J connectivity index is 2.05. The molecule has 0 unspecified atom stereocenters. The average Bonchev–Trinajstić information content (AvgIpc) is 2.90. The third-order valence-corrected chi connectivity index (χ3v) is 4.21. The van der Waals surface area contributed by atoms with Crippen LogP contribution < -0.4 is 5.73 Å². The number of carbonyl (C=O) groups is 1. The van der Waals surface area contributed by atoms with Gasteiger partial charge in [-0.1, -0.05) is 62.9 Å². The maximum atomic E-state index is 11.0. The highest BCUT2D eigenvalue weighted by Gasteiger charge is 2.20. The normalized spacial score (nSPS) is 11.6. The van der Waals surface area contributed by atoms with E-state index in [2.05, 4.69) is 25.8 Å². The smallest absolute Gasteiger partial charge is 0.227 e. The number of imidazole rings is 1. The lowest BCUT2D eigenvalue weighted by Crippen LogP contribution is -2.14. The van der Waals surface area contributed by atoms with Gasteiger partial charge in [0.15, 0.2) is 5.16 Å². The molecule has 1 amide bonds. The molecule has 0 spiro atoms. The van der Waals surface area contributed by atoms with E-state index in [9.17, 15) is 4.79 Å². The lowest BCUT2D eigenvalue weighted by atomic mass is 9.93. The zero-order valence-corrected chi connectivity index (χ0v) is 14.6. The molecule has 6 heteroatoms. The molecule has 0 aliphatic heterocycles. The van der Waals surface area contributed by atoms with Crippen LogP contribution >= 0.6 is 11.8 Å². The number of aromatic nitrogens is 2. The molecule has 124 valence electrons. The lowest BCUT2D eigenvalue weighted by molar-refractivity contribution is -0.115. The van der Waals surface area contributed by atoms with Crippen molar-refractivity contribution in [1.29, 1.82) is 0 Å². The Morgan fingerprint density at radius 2 is 2.00 bits per heavy atom. The van der Waals surface area contributed by atoms with Crippen molar-refractivity contribution in [2.24, 2.45) is 5.73 Å². The number of nitrogens with zero attached hydrogens (tertiary/aromatic N) is 2. The topological polar surface area (TPSA) is 70.1 Å². The summed E-state index contributed by atoms with van der Waals surface area (Å²) >= 11 is 1.34. The molecule has 0 saturated heterocycles. The van der Waals surface area contributed by atoms with Crippen LogP contribution in [0.4, 0.5) is 0 Å². The quantitative estimate of drug-likeness (QED) is 0.791. The summed E-state index contributed by atoms with van der Waals surface area (Å²) in [5.41, 5.74) is 7.25. The molecule has 0 aliphatic carbocycles. The molecule has 1 aromatic heterocycles. The summed E-state index contributed by atoms with van der Waals surface area (Å²) in [6.45, 7) is 7.23. The van der Waals surface area contributed by atoms with Crippen molar-refractivity contribution in [3.05, 3.63) is 47.8 Å². The summed E-state index contributed by atoms with van der Waals surface area (Å²) in [7, 11) is 0.